The van der Waals surface area contributed by atoms with Crippen LogP contribution in [0.1, 0.15) is 18.4 Å². The van der Waals surface area contributed by atoms with E-state index >= 15 is 0 Å². The Kier molecular flexibility index (Phi) is 1.94. The Morgan fingerprint density at radius 1 is 1.55 bits per heavy atom. The molecule has 1 saturated carbocycles. The first-order valence-electron chi connectivity index (χ1n) is 3.92. The summed E-state index contributed by atoms with van der Waals surface area (Å²) in [6.07, 6.45) is 3.85. The van der Waals surface area contributed by atoms with Crippen LogP contribution in [0.4, 0.5) is 0 Å². The topological polar surface area (TPSA) is 0 Å². The minimum Gasteiger partial charge on any atom is -0.152 e. The summed E-state index contributed by atoms with van der Waals surface area (Å²) in [5.41, 5.74) is 1.95. The molecular formula is C9H11ClS. The first-order valence-corrected chi connectivity index (χ1v) is 5.39. The predicted molar refractivity (Wildman–Crippen MR) is 50.4 cm³/mol. The number of hydrogen-bond donors (Lipinski definition) is 0. The zero-order valence-corrected chi connectivity index (χ0v) is 7.92. The maximum Gasteiger partial charge on any atom is 0.0283 e. The van der Waals surface area contributed by atoms with Crippen molar-refractivity contribution in [3.8, 4) is 0 Å². The highest BCUT2D eigenvalue weighted by Gasteiger charge is 2.41. The summed E-state index contributed by atoms with van der Waals surface area (Å²) >= 11 is 7.65. The van der Waals surface area contributed by atoms with Gasteiger partial charge in [-0.25, -0.2) is 0 Å². The third kappa shape index (κ3) is 1.60. The summed E-state index contributed by atoms with van der Waals surface area (Å²) in [6, 6.07) is 2.21. The maximum absolute atomic E-state index is 5.88. The molecule has 0 amide bonds. The van der Waals surface area contributed by atoms with Crippen molar-refractivity contribution in [1.29, 1.82) is 0 Å². The van der Waals surface area contributed by atoms with E-state index in [1.807, 2.05) is 0 Å². The Morgan fingerprint density at radius 3 is 2.82 bits per heavy atom. The Morgan fingerprint density at radius 2 is 2.36 bits per heavy atom. The zero-order chi connectivity index (χ0) is 7.73. The van der Waals surface area contributed by atoms with Crippen LogP contribution in [-0.2, 0) is 6.42 Å². The monoisotopic (exact) mass is 186 g/mol. The van der Waals surface area contributed by atoms with Gasteiger partial charge in [-0.1, -0.05) is 0 Å². The highest BCUT2D eigenvalue weighted by atomic mass is 35.5. The van der Waals surface area contributed by atoms with Crippen molar-refractivity contribution in [3.63, 3.8) is 0 Å². The van der Waals surface area contributed by atoms with Crippen molar-refractivity contribution >= 4 is 22.9 Å². The van der Waals surface area contributed by atoms with Gasteiger partial charge in [-0.3, -0.25) is 0 Å². The lowest BCUT2D eigenvalue weighted by molar-refractivity contribution is 0.579. The second-order valence-electron chi connectivity index (χ2n) is 3.44. The predicted octanol–water partition coefficient (Wildman–Crippen LogP) is 3.31. The minimum atomic E-state index is 0.489. The molecule has 0 nitrogen and oxygen atoms in total. The zero-order valence-electron chi connectivity index (χ0n) is 6.35. The van der Waals surface area contributed by atoms with Crippen molar-refractivity contribution in [2.75, 3.05) is 5.88 Å². The molecule has 1 fully saturated rings. The molecule has 0 radical (unpaired) electrons. The largest absolute Gasteiger partial charge is 0.152 e. The molecule has 1 aromatic rings. The van der Waals surface area contributed by atoms with Gasteiger partial charge in [0.2, 0.25) is 0 Å². The first-order chi connectivity index (χ1) is 5.35. The van der Waals surface area contributed by atoms with Gasteiger partial charge in [0, 0.05) is 5.88 Å². The van der Waals surface area contributed by atoms with Crippen LogP contribution < -0.4 is 0 Å². The molecule has 0 aromatic carbocycles. The van der Waals surface area contributed by atoms with Gasteiger partial charge in [0.25, 0.3) is 0 Å². The average Bonchev–Trinajstić information content (AvgIpc) is 2.59. The Balaban J connectivity index is 2.01. The van der Waals surface area contributed by atoms with Crippen LogP contribution in [0.2, 0.25) is 0 Å². The maximum atomic E-state index is 5.88. The van der Waals surface area contributed by atoms with Gasteiger partial charge in [0.1, 0.15) is 0 Å². The van der Waals surface area contributed by atoms with Crippen LogP contribution in [0, 0.1) is 5.41 Å². The molecule has 1 aliphatic carbocycles. The molecule has 0 unspecified atom stereocenters. The number of rotatable bonds is 3. The number of alkyl halides is 1. The lowest BCUT2D eigenvalue weighted by Crippen LogP contribution is -2.05. The van der Waals surface area contributed by atoms with E-state index in [4.69, 9.17) is 11.6 Å². The summed E-state index contributed by atoms with van der Waals surface area (Å²) in [6.45, 7) is 0. The third-order valence-electron chi connectivity index (χ3n) is 2.40. The van der Waals surface area contributed by atoms with Gasteiger partial charge in [-0.2, -0.15) is 11.3 Å². The molecule has 0 aliphatic heterocycles. The van der Waals surface area contributed by atoms with Crippen molar-refractivity contribution in [2.45, 2.75) is 19.3 Å². The molecule has 2 rings (SSSR count). The first kappa shape index (κ1) is 7.63. The highest BCUT2D eigenvalue weighted by molar-refractivity contribution is 7.07. The molecule has 0 saturated heterocycles. The minimum absolute atomic E-state index is 0.489. The molecule has 0 spiro atoms. The Hall–Kier alpha value is -0.0100. The second kappa shape index (κ2) is 2.80. The second-order valence-corrected chi connectivity index (χ2v) is 4.49. The summed E-state index contributed by atoms with van der Waals surface area (Å²) in [7, 11) is 0. The van der Waals surface area contributed by atoms with Gasteiger partial charge in [-0.15, -0.1) is 11.6 Å². The summed E-state index contributed by atoms with van der Waals surface area (Å²) in [5, 5.41) is 4.37. The number of halogens is 1. The highest BCUT2D eigenvalue weighted by Crippen LogP contribution is 2.49. The molecule has 2 heteroatoms. The normalized spacial score (nSPS) is 20.1. The van der Waals surface area contributed by atoms with Gasteiger partial charge >= 0.3 is 0 Å². The SMILES string of the molecule is ClCC1(Cc2ccsc2)CC1. The molecule has 1 aromatic heterocycles. The van der Waals surface area contributed by atoms with E-state index in [2.05, 4.69) is 16.8 Å². The third-order valence-corrected chi connectivity index (χ3v) is 3.70. The smallest absolute Gasteiger partial charge is 0.0283 e. The van der Waals surface area contributed by atoms with Crippen LogP contribution >= 0.6 is 22.9 Å². The van der Waals surface area contributed by atoms with Crippen molar-refractivity contribution in [3.05, 3.63) is 22.4 Å². The molecular weight excluding hydrogens is 176 g/mol. The molecule has 0 bridgehead atoms. The Bertz CT molecular complexity index is 224. The van der Waals surface area contributed by atoms with Gasteiger partial charge < -0.3 is 0 Å². The van der Waals surface area contributed by atoms with E-state index in [0.29, 0.717) is 5.41 Å². The molecule has 60 valence electrons. The van der Waals surface area contributed by atoms with Crippen LogP contribution in [0.15, 0.2) is 16.8 Å². The van der Waals surface area contributed by atoms with Crippen molar-refractivity contribution < 1.29 is 0 Å². The van der Waals surface area contributed by atoms with Crippen LogP contribution in [0.3, 0.4) is 0 Å². The van der Waals surface area contributed by atoms with Gasteiger partial charge in [0.15, 0.2) is 0 Å². The van der Waals surface area contributed by atoms with Gasteiger partial charge in [0.05, 0.1) is 0 Å². The molecule has 0 atom stereocenters. The molecule has 0 N–H and O–H groups in total. The van der Waals surface area contributed by atoms with E-state index in [9.17, 15) is 0 Å². The number of hydrogen-bond acceptors (Lipinski definition) is 1. The fourth-order valence-electron chi connectivity index (χ4n) is 1.36. The van der Waals surface area contributed by atoms with E-state index in [0.717, 1.165) is 5.88 Å². The van der Waals surface area contributed by atoms with E-state index in [1.165, 1.54) is 24.8 Å². The summed E-state index contributed by atoms with van der Waals surface area (Å²) in [4.78, 5) is 0. The van der Waals surface area contributed by atoms with Crippen LogP contribution in [0.5, 0.6) is 0 Å². The van der Waals surface area contributed by atoms with Crippen molar-refractivity contribution in [2.24, 2.45) is 5.41 Å². The average molecular weight is 187 g/mol. The van der Waals surface area contributed by atoms with Crippen LogP contribution in [-0.4, -0.2) is 5.88 Å². The number of thiophene rings is 1. The lowest BCUT2D eigenvalue weighted by atomic mass is 10.0. The quantitative estimate of drug-likeness (QED) is 0.636. The molecule has 1 heterocycles. The van der Waals surface area contributed by atoms with E-state index in [-0.39, 0.29) is 0 Å². The fraction of sp³-hybridized carbons (Fsp3) is 0.556. The summed E-state index contributed by atoms with van der Waals surface area (Å²) in [5.74, 6) is 0.836. The molecule has 1 aliphatic rings. The lowest BCUT2D eigenvalue weighted by Gasteiger charge is -2.07. The summed E-state index contributed by atoms with van der Waals surface area (Å²) < 4.78 is 0. The van der Waals surface area contributed by atoms with E-state index < -0.39 is 0 Å². The molecule has 11 heavy (non-hydrogen) atoms. The van der Waals surface area contributed by atoms with Crippen molar-refractivity contribution in [1.82, 2.24) is 0 Å². The van der Waals surface area contributed by atoms with Crippen LogP contribution in [0.25, 0.3) is 0 Å². The standard InChI is InChI=1S/C9H11ClS/c10-7-9(2-3-9)5-8-1-4-11-6-8/h1,4,6H,2-3,5,7H2. The fourth-order valence-corrected chi connectivity index (χ4v) is 2.39. The Labute approximate surface area is 76.2 Å². The van der Waals surface area contributed by atoms with E-state index in [1.54, 1.807) is 11.3 Å². The van der Waals surface area contributed by atoms with Gasteiger partial charge in [-0.05, 0) is 47.1 Å².